The molecule has 0 saturated heterocycles. The minimum atomic E-state index is 0.185. The quantitative estimate of drug-likeness (QED) is 0.816. The van der Waals surface area contributed by atoms with Crippen LogP contribution in [-0.2, 0) is 0 Å². The van der Waals surface area contributed by atoms with Crippen molar-refractivity contribution < 1.29 is 9.84 Å². The summed E-state index contributed by atoms with van der Waals surface area (Å²) >= 11 is 0. The van der Waals surface area contributed by atoms with Gasteiger partial charge in [-0.3, -0.25) is 0 Å². The first-order valence-electron chi connectivity index (χ1n) is 6.52. The molecule has 2 unspecified atom stereocenters. The Morgan fingerprint density at radius 2 is 1.94 bits per heavy atom. The van der Waals surface area contributed by atoms with E-state index < -0.39 is 0 Å². The monoisotopic (exact) mass is 251 g/mol. The maximum atomic E-state index is 9.49. The Bertz CT molecular complexity index is 386. The summed E-state index contributed by atoms with van der Waals surface area (Å²) in [6, 6.07) is 4.41. The van der Waals surface area contributed by atoms with E-state index in [9.17, 15) is 5.11 Å². The minimum Gasteiger partial charge on any atom is -0.496 e. The zero-order valence-electron chi connectivity index (χ0n) is 12.1. The molecule has 2 N–H and O–H groups in total. The van der Waals surface area contributed by atoms with E-state index in [1.807, 2.05) is 14.0 Å². The molecule has 0 aliphatic rings. The number of hydrogen-bond donors (Lipinski definition) is 2. The molecule has 0 spiro atoms. The summed E-state index contributed by atoms with van der Waals surface area (Å²) in [5, 5.41) is 12.8. The van der Waals surface area contributed by atoms with E-state index in [0.29, 0.717) is 0 Å². The van der Waals surface area contributed by atoms with E-state index in [1.165, 1.54) is 11.1 Å². The van der Waals surface area contributed by atoms with Gasteiger partial charge in [0.2, 0.25) is 0 Å². The van der Waals surface area contributed by atoms with Gasteiger partial charge in [-0.05, 0) is 50.1 Å². The Morgan fingerprint density at radius 3 is 2.39 bits per heavy atom. The Morgan fingerprint density at radius 1 is 1.28 bits per heavy atom. The second-order valence-electron chi connectivity index (χ2n) is 4.80. The molecule has 0 amide bonds. The molecule has 0 radical (unpaired) electrons. The molecule has 0 fully saturated rings. The highest BCUT2D eigenvalue weighted by molar-refractivity contribution is 5.43. The van der Waals surface area contributed by atoms with Gasteiger partial charge in [0.05, 0.1) is 7.11 Å². The van der Waals surface area contributed by atoms with Gasteiger partial charge in [0.1, 0.15) is 5.75 Å². The van der Waals surface area contributed by atoms with Crippen LogP contribution < -0.4 is 10.1 Å². The molecule has 0 aliphatic heterocycles. The molecule has 1 rings (SSSR count). The average molecular weight is 251 g/mol. The predicted molar refractivity (Wildman–Crippen MR) is 75.1 cm³/mol. The molecular weight excluding hydrogens is 226 g/mol. The largest absolute Gasteiger partial charge is 0.496 e. The van der Waals surface area contributed by atoms with Crippen LogP contribution in [0.25, 0.3) is 0 Å². The second kappa shape index (κ2) is 6.76. The van der Waals surface area contributed by atoms with E-state index in [-0.39, 0.29) is 18.6 Å². The van der Waals surface area contributed by atoms with Crippen LogP contribution in [0.2, 0.25) is 0 Å². The number of methoxy groups -OCH3 is 1. The third-order valence-corrected chi connectivity index (χ3v) is 3.66. The number of hydrogen-bond acceptors (Lipinski definition) is 3. The van der Waals surface area contributed by atoms with Gasteiger partial charge >= 0.3 is 0 Å². The van der Waals surface area contributed by atoms with Crippen molar-refractivity contribution in [3.8, 4) is 5.75 Å². The highest BCUT2D eigenvalue weighted by Crippen LogP contribution is 2.31. The fourth-order valence-corrected chi connectivity index (χ4v) is 2.48. The lowest BCUT2D eigenvalue weighted by atomic mass is 9.88. The summed E-state index contributed by atoms with van der Waals surface area (Å²) in [6.07, 6.45) is 0.951. The van der Waals surface area contributed by atoms with Crippen molar-refractivity contribution in [2.45, 2.75) is 33.2 Å². The van der Waals surface area contributed by atoms with Gasteiger partial charge in [-0.1, -0.05) is 13.0 Å². The fourth-order valence-electron chi connectivity index (χ4n) is 2.48. The molecule has 3 heteroatoms. The summed E-state index contributed by atoms with van der Waals surface area (Å²) in [5.74, 6) is 1.16. The van der Waals surface area contributed by atoms with Crippen LogP contribution in [0.3, 0.4) is 0 Å². The van der Waals surface area contributed by atoms with Crippen LogP contribution in [-0.4, -0.2) is 25.9 Å². The van der Waals surface area contributed by atoms with E-state index >= 15 is 0 Å². The highest BCUT2D eigenvalue weighted by Gasteiger charge is 2.21. The molecule has 1 aromatic carbocycles. The van der Waals surface area contributed by atoms with Crippen molar-refractivity contribution in [1.82, 2.24) is 5.32 Å². The molecule has 0 saturated carbocycles. The molecule has 3 nitrogen and oxygen atoms in total. The zero-order chi connectivity index (χ0) is 13.7. The second-order valence-corrected chi connectivity index (χ2v) is 4.80. The van der Waals surface area contributed by atoms with Crippen LogP contribution in [0.15, 0.2) is 12.1 Å². The molecule has 2 atom stereocenters. The van der Waals surface area contributed by atoms with Crippen molar-refractivity contribution >= 4 is 0 Å². The van der Waals surface area contributed by atoms with Crippen LogP contribution >= 0.6 is 0 Å². The molecular formula is C15H25NO2. The Kier molecular flexibility index (Phi) is 5.63. The molecule has 18 heavy (non-hydrogen) atoms. The standard InChI is InChI=1S/C15H25NO2/c1-6-12(9-17)15(16-4)13-7-11(3)14(18-5)8-10(13)2/h7-8,12,15-17H,6,9H2,1-5H3. The molecule has 0 heterocycles. The van der Waals surface area contributed by atoms with Gasteiger partial charge in [-0.25, -0.2) is 0 Å². The topological polar surface area (TPSA) is 41.5 Å². The molecule has 102 valence electrons. The number of rotatable bonds is 6. The van der Waals surface area contributed by atoms with E-state index in [2.05, 4.69) is 31.3 Å². The Hall–Kier alpha value is -1.06. The lowest BCUT2D eigenvalue weighted by molar-refractivity contribution is 0.189. The van der Waals surface area contributed by atoms with Crippen LogP contribution in [0.1, 0.15) is 36.1 Å². The fraction of sp³-hybridized carbons (Fsp3) is 0.600. The number of ether oxygens (including phenoxy) is 1. The number of aryl methyl sites for hydroxylation is 2. The number of aliphatic hydroxyl groups excluding tert-OH is 1. The third-order valence-electron chi connectivity index (χ3n) is 3.66. The lowest BCUT2D eigenvalue weighted by Crippen LogP contribution is -2.28. The first kappa shape index (κ1) is 15.0. The number of benzene rings is 1. The zero-order valence-corrected chi connectivity index (χ0v) is 12.1. The van der Waals surface area contributed by atoms with Crippen molar-refractivity contribution in [2.24, 2.45) is 5.92 Å². The smallest absolute Gasteiger partial charge is 0.122 e. The van der Waals surface area contributed by atoms with Crippen LogP contribution in [0.4, 0.5) is 0 Å². The Labute approximate surface area is 110 Å². The normalized spacial score (nSPS) is 14.3. The van der Waals surface area contributed by atoms with Crippen LogP contribution in [0, 0.1) is 19.8 Å². The van der Waals surface area contributed by atoms with E-state index in [0.717, 1.165) is 17.7 Å². The van der Waals surface area contributed by atoms with E-state index in [4.69, 9.17) is 4.74 Å². The lowest BCUT2D eigenvalue weighted by Gasteiger charge is -2.27. The molecule has 0 aromatic heterocycles. The molecule has 1 aromatic rings. The molecule has 0 bridgehead atoms. The van der Waals surface area contributed by atoms with Crippen molar-refractivity contribution in [1.29, 1.82) is 0 Å². The summed E-state index contributed by atoms with van der Waals surface area (Å²) in [5.41, 5.74) is 3.58. The summed E-state index contributed by atoms with van der Waals surface area (Å²) in [7, 11) is 3.64. The summed E-state index contributed by atoms with van der Waals surface area (Å²) in [6.45, 7) is 6.45. The summed E-state index contributed by atoms with van der Waals surface area (Å²) in [4.78, 5) is 0. The number of aliphatic hydroxyl groups is 1. The molecule has 0 aliphatic carbocycles. The Balaban J connectivity index is 3.17. The van der Waals surface area contributed by atoms with Crippen molar-refractivity contribution in [2.75, 3.05) is 20.8 Å². The van der Waals surface area contributed by atoms with Gasteiger partial charge in [0, 0.05) is 18.6 Å². The van der Waals surface area contributed by atoms with Gasteiger partial charge < -0.3 is 15.2 Å². The van der Waals surface area contributed by atoms with Gasteiger partial charge in [0.15, 0.2) is 0 Å². The van der Waals surface area contributed by atoms with Crippen LogP contribution in [0.5, 0.6) is 5.75 Å². The first-order valence-corrected chi connectivity index (χ1v) is 6.52. The maximum absolute atomic E-state index is 9.49. The van der Waals surface area contributed by atoms with Gasteiger partial charge in [-0.15, -0.1) is 0 Å². The van der Waals surface area contributed by atoms with Gasteiger partial charge in [-0.2, -0.15) is 0 Å². The minimum absolute atomic E-state index is 0.185. The van der Waals surface area contributed by atoms with Gasteiger partial charge in [0.25, 0.3) is 0 Å². The average Bonchev–Trinajstić information content (AvgIpc) is 2.38. The van der Waals surface area contributed by atoms with Crippen molar-refractivity contribution in [3.63, 3.8) is 0 Å². The highest BCUT2D eigenvalue weighted by atomic mass is 16.5. The van der Waals surface area contributed by atoms with E-state index in [1.54, 1.807) is 7.11 Å². The number of nitrogens with one attached hydrogen (secondary N) is 1. The SMILES string of the molecule is CCC(CO)C(NC)c1cc(C)c(OC)cc1C. The summed E-state index contributed by atoms with van der Waals surface area (Å²) < 4.78 is 5.34. The first-order chi connectivity index (χ1) is 8.58. The predicted octanol–water partition coefficient (Wildman–Crippen LogP) is 2.59. The van der Waals surface area contributed by atoms with Crippen molar-refractivity contribution in [3.05, 3.63) is 28.8 Å². The maximum Gasteiger partial charge on any atom is 0.122 e. The third kappa shape index (κ3) is 3.03.